The number of hydrogen-bond donors (Lipinski definition) is 3. The largest absolute Gasteiger partial charge is 0.512 e. The summed E-state index contributed by atoms with van der Waals surface area (Å²) in [4.78, 5) is 0. The van der Waals surface area contributed by atoms with Gasteiger partial charge in [0.2, 0.25) is 0 Å². The van der Waals surface area contributed by atoms with E-state index in [4.69, 9.17) is 0 Å². The van der Waals surface area contributed by atoms with Crippen LogP contribution in [0, 0.1) is 17.8 Å². The Bertz CT molecular complexity index is 370. The Labute approximate surface area is 101 Å². The Balaban J connectivity index is 1.97. The molecule has 0 bridgehead atoms. The van der Waals surface area contributed by atoms with Gasteiger partial charge in [-0.25, -0.2) is 0 Å². The van der Waals surface area contributed by atoms with Crippen LogP contribution in [0.15, 0.2) is 22.7 Å². The first-order chi connectivity index (χ1) is 8.08. The van der Waals surface area contributed by atoms with E-state index in [9.17, 15) is 15.3 Å². The average molecular weight is 236 g/mol. The maximum atomic E-state index is 10.1. The first-order valence-electron chi connectivity index (χ1n) is 6.58. The predicted molar refractivity (Wildman–Crippen MR) is 64.5 cm³/mol. The van der Waals surface area contributed by atoms with Crippen LogP contribution in [-0.2, 0) is 0 Å². The number of aliphatic hydroxyl groups excluding tert-OH is 3. The minimum atomic E-state index is -0.235. The zero-order valence-corrected chi connectivity index (χ0v) is 10.2. The summed E-state index contributed by atoms with van der Waals surface area (Å²) in [7, 11) is 0. The van der Waals surface area contributed by atoms with Gasteiger partial charge in [-0.05, 0) is 48.2 Å². The molecule has 3 nitrogen and oxygen atoms in total. The minimum absolute atomic E-state index is 0.235. The van der Waals surface area contributed by atoms with Crippen LogP contribution in [-0.4, -0.2) is 21.4 Å². The maximum absolute atomic E-state index is 10.1. The average Bonchev–Trinajstić information content (AvgIpc) is 2.58. The second-order valence-corrected chi connectivity index (χ2v) is 5.87. The van der Waals surface area contributed by atoms with Gasteiger partial charge in [-0.3, -0.25) is 0 Å². The van der Waals surface area contributed by atoms with Crippen molar-refractivity contribution in [1.82, 2.24) is 0 Å². The van der Waals surface area contributed by atoms with Crippen LogP contribution in [0.1, 0.15) is 39.0 Å². The summed E-state index contributed by atoms with van der Waals surface area (Å²) in [5.41, 5.74) is 1.89. The van der Waals surface area contributed by atoms with Crippen molar-refractivity contribution in [2.75, 3.05) is 0 Å². The lowest BCUT2D eigenvalue weighted by molar-refractivity contribution is 0.110. The number of allylic oxidation sites excluding steroid dienone is 4. The Morgan fingerprint density at radius 3 is 2.06 bits per heavy atom. The molecule has 2 fully saturated rings. The van der Waals surface area contributed by atoms with Crippen molar-refractivity contribution in [3.05, 3.63) is 22.7 Å². The molecule has 3 heteroatoms. The van der Waals surface area contributed by atoms with Crippen molar-refractivity contribution in [2.45, 2.75) is 45.1 Å². The van der Waals surface area contributed by atoms with Gasteiger partial charge in [-0.15, -0.1) is 0 Å². The summed E-state index contributed by atoms with van der Waals surface area (Å²) in [5.74, 6) is 2.15. The molecule has 0 heterocycles. The third-order valence-electron chi connectivity index (χ3n) is 4.93. The summed E-state index contributed by atoms with van der Waals surface area (Å²) in [6.07, 6.45) is 3.31. The van der Waals surface area contributed by atoms with Crippen LogP contribution in [0.25, 0.3) is 0 Å². The topological polar surface area (TPSA) is 60.7 Å². The van der Waals surface area contributed by atoms with Crippen LogP contribution >= 0.6 is 0 Å². The van der Waals surface area contributed by atoms with E-state index < -0.39 is 0 Å². The number of hydrogen-bond acceptors (Lipinski definition) is 3. The summed E-state index contributed by atoms with van der Waals surface area (Å²) >= 11 is 0. The highest BCUT2D eigenvalue weighted by atomic mass is 16.3. The summed E-state index contributed by atoms with van der Waals surface area (Å²) in [5, 5.41) is 30.0. The fourth-order valence-corrected chi connectivity index (χ4v) is 3.92. The predicted octanol–water partition coefficient (Wildman–Crippen LogP) is 2.83. The molecule has 3 aliphatic rings. The molecular formula is C14H20O3. The van der Waals surface area contributed by atoms with Crippen molar-refractivity contribution in [2.24, 2.45) is 17.8 Å². The molecule has 0 aromatic heterocycles. The minimum Gasteiger partial charge on any atom is -0.512 e. The monoisotopic (exact) mass is 236 g/mol. The van der Waals surface area contributed by atoms with E-state index >= 15 is 0 Å². The van der Waals surface area contributed by atoms with E-state index in [0.717, 1.165) is 30.4 Å². The van der Waals surface area contributed by atoms with Gasteiger partial charge in [0, 0.05) is 12.8 Å². The lowest BCUT2D eigenvalue weighted by atomic mass is 9.71. The summed E-state index contributed by atoms with van der Waals surface area (Å²) in [6.45, 7) is 2.18. The molecule has 2 saturated carbocycles. The fourth-order valence-electron chi connectivity index (χ4n) is 3.92. The van der Waals surface area contributed by atoms with Crippen LogP contribution in [0.5, 0.6) is 0 Å². The first-order valence-corrected chi connectivity index (χ1v) is 6.58. The highest BCUT2D eigenvalue weighted by molar-refractivity contribution is 5.41. The normalized spacial score (nSPS) is 41.5. The molecule has 4 atom stereocenters. The molecule has 0 radical (unpaired) electrons. The molecule has 0 amide bonds. The molecule has 0 aromatic rings. The zero-order valence-electron chi connectivity index (χ0n) is 10.2. The maximum Gasteiger partial charge on any atom is 0.0963 e. The van der Waals surface area contributed by atoms with Gasteiger partial charge < -0.3 is 15.3 Å². The number of fused-ring (bicyclic) bond motifs is 2. The van der Waals surface area contributed by atoms with Crippen molar-refractivity contribution in [3.63, 3.8) is 0 Å². The van der Waals surface area contributed by atoms with Gasteiger partial charge in [0.15, 0.2) is 0 Å². The fraction of sp³-hybridized carbons (Fsp3) is 0.714. The van der Waals surface area contributed by atoms with E-state index in [-0.39, 0.29) is 12.0 Å². The van der Waals surface area contributed by atoms with E-state index in [1.165, 1.54) is 0 Å². The quantitative estimate of drug-likeness (QED) is 0.606. The second-order valence-electron chi connectivity index (χ2n) is 5.87. The van der Waals surface area contributed by atoms with Gasteiger partial charge in [0.25, 0.3) is 0 Å². The van der Waals surface area contributed by atoms with Gasteiger partial charge in [-0.1, -0.05) is 6.92 Å². The highest BCUT2D eigenvalue weighted by Gasteiger charge is 2.45. The van der Waals surface area contributed by atoms with Crippen LogP contribution in [0.3, 0.4) is 0 Å². The smallest absolute Gasteiger partial charge is 0.0963 e. The highest BCUT2D eigenvalue weighted by Crippen LogP contribution is 2.51. The molecule has 17 heavy (non-hydrogen) atoms. The van der Waals surface area contributed by atoms with Gasteiger partial charge in [0.1, 0.15) is 0 Å². The zero-order chi connectivity index (χ0) is 12.2. The lowest BCUT2D eigenvalue weighted by Crippen LogP contribution is -2.28. The molecule has 3 rings (SSSR count). The van der Waals surface area contributed by atoms with Crippen molar-refractivity contribution in [1.29, 1.82) is 0 Å². The molecule has 3 aliphatic carbocycles. The van der Waals surface area contributed by atoms with Crippen LogP contribution in [0.2, 0.25) is 0 Å². The third kappa shape index (κ3) is 1.60. The number of aliphatic hydroxyl groups is 3. The van der Waals surface area contributed by atoms with Crippen molar-refractivity contribution in [3.8, 4) is 0 Å². The van der Waals surface area contributed by atoms with Crippen molar-refractivity contribution < 1.29 is 15.3 Å². The molecular weight excluding hydrogens is 216 g/mol. The molecule has 0 aromatic carbocycles. The second kappa shape index (κ2) is 3.77. The molecule has 2 unspecified atom stereocenters. The molecule has 94 valence electrons. The molecule has 3 N–H and O–H groups in total. The summed E-state index contributed by atoms with van der Waals surface area (Å²) in [6, 6.07) is 0. The van der Waals surface area contributed by atoms with Crippen molar-refractivity contribution >= 4 is 0 Å². The Kier molecular flexibility index (Phi) is 2.47. The van der Waals surface area contributed by atoms with E-state index in [1.807, 2.05) is 0 Å². The SMILES string of the molecule is CC1C[C@H](O)C2CC3=C(O)CCC(O)=C3C[C@H]12. The summed E-state index contributed by atoms with van der Waals surface area (Å²) < 4.78 is 0. The first kappa shape index (κ1) is 11.1. The molecule has 0 spiro atoms. The Morgan fingerprint density at radius 1 is 0.941 bits per heavy atom. The van der Waals surface area contributed by atoms with Gasteiger partial charge >= 0.3 is 0 Å². The van der Waals surface area contributed by atoms with Gasteiger partial charge in [0.05, 0.1) is 17.6 Å². The molecule has 0 aliphatic heterocycles. The molecule has 0 saturated heterocycles. The Hall–Kier alpha value is -0.960. The van der Waals surface area contributed by atoms with Gasteiger partial charge in [-0.2, -0.15) is 0 Å². The number of rotatable bonds is 0. The Morgan fingerprint density at radius 2 is 1.47 bits per heavy atom. The van der Waals surface area contributed by atoms with Crippen LogP contribution in [0.4, 0.5) is 0 Å². The van der Waals surface area contributed by atoms with E-state index in [1.54, 1.807) is 0 Å². The van der Waals surface area contributed by atoms with E-state index in [0.29, 0.717) is 36.2 Å². The van der Waals surface area contributed by atoms with E-state index in [2.05, 4.69) is 6.92 Å². The standard InChI is InChI=1S/C14H20O3/c1-7-4-14(17)9-6-11-10(5-8(7)9)12(15)2-3-13(11)16/h7-9,14-17H,2-6H2,1H3/t7?,8-,9?,14+/m1/s1. The third-order valence-corrected chi connectivity index (χ3v) is 4.93. The lowest BCUT2D eigenvalue weighted by Gasteiger charge is -2.35. The van der Waals surface area contributed by atoms with Crippen LogP contribution < -0.4 is 0 Å².